The summed E-state index contributed by atoms with van der Waals surface area (Å²) >= 11 is 0. The number of nitrogens with one attached hydrogen (secondary N) is 1. The van der Waals surface area contributed by atoms with Crippen molar-refractivity contribution in [1.82, 2.24) is 5.32 Å². The van der Waals surface area contributed by atoms with Gasteiger partial charge in [0.1, 0.15) is 0 Å². The molecule has 72 valence electrons. The van der Waals surface area contributed by atoms with Crippen molar-refractivity contribution in [2.45, 2.75) is 45.8 Å². The van der Waals surface area contributed by atoms with E-state index in [0.29, 0.717) is 12.0 Å². The first-order chi connectivity index (χ1) is 5.60. The summed E-state index contributed by atoms with van der Waals surface area (Å²) in [6.07, 6.45) is 1.46. The second kappa shape index (κ2) is 3.75. The molecule has 0 aliphatic carbocycles. The average molecular weight is 171 g/mol. The third-order valence-corrected chi connectivity index (χ3v) is 2.94. The molecule has 2 atom stereocenters. The maximum absolute atomic E-state index is 6.02. The number of hydrogen-bond donors (Lipinski definition) is 1. The molecule has 1 fully saturated rings. The van der Waals surface area contributed by atoms with Crippen LogP contribution >= 0.6 is 0 Å². The predicted molar refractivity (Wildman–Crippen MR) is 51.3 cm³/mol. The van der Waals surface area contributed by atoms with Crippen molar-refractivity contribution < 1.29 is 4.74 Å². The van der Waals surface area contributed by atoms with Gasteiger partial charge in [-0.15, -0.1) is 0 Å². The molecule has 0 aromatic rings. The molecule has 2 unspecified atom stereocenters. The molecule has 2 nitrogen and oxygen atoms in total. The quantitative estimate of drug-likeness (QED) is 0.684. The average Bonchev–Trinajstić information content (AvgIpc) is 2.04. The fraction of sp³-hybridized carbons (Fsp3) is 1.00. The summed E-state index contributed by atoms with van der Waals surface area (Å²) < 4.78 is 6.02. The van der Waals surface area contributed by atoms with Gasteiger partial charge in [-0.2, -0.15) is 0 Å². The molecule has 0 radical (unpaired) electrons. The molecule has 1 saturated heterocycles. The SMILES string of the molecule is CCC1(C(C)C)CNCC(C)O1. The fourth-order valence-electron chi connectivity index (χ4n) is 1.93. The first kappa shape index (κ1) is 10.0. The van der Waals surface area contributed by atoms with Crippen LogP contribution in [-0.4, -0.2) is 24.8 Å². The molecule has 0 spiro atoms. The maximum Gasteiger partial charge on any atom is 0.0830 e. The Morgan fingerprint density at radius 3 is 2.58 bits per heavy atom. The molecule has 0 saturated carbocycles. The molecular formula is C10H21NO. The lowest BCUT2D eigenvalue weighted by molar-refractivity contribution is -0.136. The Hall–Kier alpha value is -0.0800. The van der Waals surface area contributed by atoms with Crippen LogP contribution in [0.5, 0.6) is 0 Å². The zero-order valence-electron chi connectivity index (χ0n) is 8.68. The van der Waals surface area contributed by atoms with E-state index in [2.05, 4.69) is 33.0 Å². The van der Waals surface area contributed by atoms with Crippen molar-refractivity contribution in [3.63, 3.8) is 0 Å². The van der Waals surface area contributed by atoms with Crippen LogP contribution in [0.15, 0.2) is 0 Å². The summed E-state index contributed by atoms with van der Waals surface area (Å²) in [6, 6.07) is 0. The first-order valence-electron chi connectivity index (χ1n) is 4.99. The number of rotatable bonds is 2. The Bertz CT molecular complexity index is 147. The highest BCUT2D eigenvalue weighted by molar-refractivity contribution is 4.89. The van der Waals surface area contributed by atoms with E-state index in [1.54, 1.807) is 0 Å². The molecular weight excluding hydrogens is 150 g/mol. The van der Waals surface area contributed by atoms with Crippen molar-refractivity contribution in [1.29, 1.82) is 0 Å². The topological polar surface area (TPSA) is 21.3 Å². The Morgan fingerprint density at radius 2 is 2.25 bits per heavy atom. The van der Waals surface area contributed by atoms with Crippen molar-refractivity contribution in [3.8, 4) is 0 Å². The summed E-state index contributed by atoms with van der Waals surface area (Å²) in [4.78, 5) is 0. The minimum absolute atomic E-state index is 0.0810. The minimum Gasteiger partial charge on any atom is -0.369 e. The van der Waals surface area contributed by atoms with E-state index in [4.69, 9.17) is 4.74 Å². The molecule has 0 amide bonds. The van der Waals surface area contributed by atoms with Crippen LogP contribution in [0.4, 0.5) is 0 Å². The molecule has 1 aliphatic heterocycles. The van der Waals surface area contributed by atoms with Gasteiger partial charge in [0.05, 0.1) is 11.7 Å². The van der Waals surface area contributed by atoms with E-state index in [-0.39, 0.29) is 5.60 Å². The smallest absolute Gasteiger partial charge is 0.0830 e. The van der Waals surface area contributed by atoms with E-state index in [0.717, 1.165) is 19.5 Å². The Kier molecular flexibility index (Phi) is 3.13. The van der Waals surface area contributed by atoms with E-state index in [1.807, 2.05) is 0 Å². The van der Waals surface area contributed by atoms with Crippen LogP contribution in [-0.2, 0) is 4.74 Å². The first-order valence-corrected chi connectivity index (χ1v) is 4.99. The van der Waals surface area contributed by atoms with Gasteiger partial charge < -0.3 is 10.1 Å². The lowest BCUT2D eigenvalue weighted by Crippen LogP contribution is -2.55. The van der Waals surface area contributed by atoms with Gasteiger partial charge in [0.15, 0.2) is 0 Å². The van der Waals surface area contributed by atoms with Crippen molar-refractivity contribution in [2.24, 2.45) is 5.92 Å². The zero-order chi connectivity index (χ0) is 9.19. The molecule has 2 heteroatoms. The lowest BCUT2D eigenvalue weighted by atomic mass is 9.86. The van der Waals surface area contributed by atoms with Gasteiger partial charge >= 0.3 is 0 Å². The molecule has 12 heavy (non-hydrogen) atoms. The predicted octanol–water partition coefficient (Wildman–Crippen LogP) is 1.80. The minimum atomic E-state index is 0.0810. The van der Waals surface area contributed by atoms with Gasteiger partial charge in [0.2, 0.25) is 0 Å². The van der Waals surface area contributed by atoms with Crippen LogP contribution < -0.4 is 5.32 Å². The van der Waals surface area contributed by atoms with Gasteiger partial charge in [-0.25, -0.2) is 0 Å². The van der Waals surface area contributed by atoms with Crippen molar-refractivity contribution >= 4 is 0 Å². The van der Waals surface area contributed by atoms with Gasteiger partial charge in [-0.05, 0) is 19.3 Å². The van der Waals surface area contributed by atoms with Gasteiger partial charge in [0.25, 0.3) is 0 Å². The molecule has 1 N–H and O–H groups in total. The molecule has 0 aromatic heterocycles. The normalized spacial score (nSPS) is 37.2. The number of hydrogen-bond acceptors (Lipinski definition) is 2. The summed E-state index contributed by atoms with van der Waals surface area (Å²) in [7, 11) is 0. The third-order valence-electron chi connectivity index (χ3n) is 2.94. The highest BCUT2D eigenvalue weighted by Crippen LogP contribution is 2.28. The maximum atomic E-state index is 6.02. The second-order valence-electron chi connectivity index (χ2n) is 4.13. The molecule has 0 aromatic carbocycles. The number of morpholine rings is 1. The highest BCUT2D eigenvalue weighted by Gasteiger charge is 2.36. The largest absolute Gasteiger partial charge is 0.369 e. The summed E-state index contributed by atoms with van der Waals surface area (Å²) in [5.74, 6) is 0.595. The van der Waals surface area contributed by atoms with Crippen LogP contribution in [0.2, 0.25) is 0 Å². The van der Waals surface area contributed by atoms with Crippen LogP contribution in [0.3, 0.4) is 0 Å². The van der Waals surface area contributed by atoms with E-state index < -0.39 is 0 Å². The lowest BCUT2D eigenvalue weighted by Gasteiger charge is -2.43. The van der Waals surface area contributed by atoms with Gasteiger partial charge in [-0.3, -0.25) is 0 Å². The van der Waals surface area contributed by atoms with E-state index >= 15 is 0 Å². The van der Waals surface area contributed by atoms with Gasteiger partial charge in [0, 0.05) is 13.1 Å². The highest BCUT2D eigenvalue weighted by atomic mass is 16.5. The molecule has 1 aliphatic rings. The number of ether oxygens (including phenoxy) is 1. The Balaban J connectivity index is 2.64. The van der Waals surface area contributed by atoms with Gasteiger partial charge in [-0.1, -0.05) is 20.8 Å². The zero-order valence-corrected chi connectivity index (χ0v) is 8.68. The van der Waals surface area contributed by atoms with Crippen LogP contribution in [0, 0.1) is 5.92 Å². The van der Waals surface area contributed by atoms with Crippen LogP contribution in [0.1, 0.15) is 34.1 Å². The van der Waals surface area contributed by atoms with Crippen LogP contribution in [0.25, 0.3) is 0 Å². The fourth-order valence-corrected chi connectivity index (χ4v) is 1.93. The summed E-state index contributed by atoms with van der Waals surface area (Å²) in [6.45, 7) is 10.8. The van der Waals surface area contributed by atoms with E-state index in [9.17, 15) is 0 Å². The monoisotopic (exact) mass is 171 g/mol. The van der Waals surface area contributed by atoms with Crippen molar-refractivity contribution in [3.05, 3.63) is 0 Å². The van der Waals surface area contributed by atoms with E-state index in [1.165, 1.54) is 0 Å². The summed E-state index contributed by atoms with van der Waals surface area (Å²) in [5, 5.41) is 3.43. The Labute approximate surface area is 75.7 Å². The summed E-state index contributed by atoms with van der Waals surface area (Å²) in [5.41, 5.74) is 0.0810. The third kappa shape index (κ3) is 1.80. The standard InChI is InChI=1S/C10H21NO/c1-5-10(8(2)3)7-11-6-9(4)12-10/h8-9,11H,5-7H2,1-4H3. The molecule has 1 heterocycles. The molecule has 1 rings (SSSR count). The Morgan fingerprint density at radius 1 is 1.58 bits per heavy atom. The second-order valence-corrected chi connectivity index (χ2v) is 4.13. The molecule has 0 bridgehead atoms. The van der Waals surface area contributed by atoms with Crippen molar-refractivity contribution in [2.75, 3.05) is 13.1 Å².